The lowest BCUT2D eigenvalue weighted by Crippen LogP contribution is -2.20. The van der Waals surface area contributed by atoms with E-state index < -0.39 is 5.82 Å². The summed E-state index contributed by atoms with van der Waals surface area (Å²) in [5.74, 6) is -0.442. The minimum atomic E-state index is -0.442. The first kappa shape index (κ1) is 9.90. The van der Waals surface area contributed by atoms with Crippen LogP contribution in [0.2, 0.25) is 0 Å². The van der Waals surface area contributed by atoms with Gasteiger partial charge in [0, 0.05) is 12.7 Å². The van der Waals surface area contributed by atoms with Crippen molar-refractivity contribution in [2.45, 2.75) is 19.9 Å². The highest BCUT2D eigenvalue weighted by Gasteiger charge is 2.06. The summed E-state index contributed by atoms with van der Waals surface area (Å²) in [4.78, 5) is 11.9. The fourth-order valence-corrected chi connectivity index (χ4v) is 1.70. The maximum absolute atomic E-state index is 13.5. The highest BCUT2D eigenvalue weighted by Crippen LogP contribution is 2.12. The number of fused-ring (bicyclic) bond motifs is 1. The van der Waals surface area contributed by atoms with Crippen molar-refractivity contribution in [3.05, 3.63) is 46.6 Å². The summed E-state index contributed by atoms with van der Waals surface area (Å²) < 4.78 is 15.0. The largest absolute Gasteiger partial charge is 0.315 e. The average Bonchev–Trinajstić information content (AvgIpc) is 2.22. The average molecular weight is 205 g/mol. The van der Waals surface area contributed by atoms with Gasteiger partial charge in [-0.2, -0.15) is 0 Å². The van der Waals surface area contributed by atoms with Gasteiger partial charge in [-0.3, -0.25) is 4.79 Å². The van der Waals surface area contributed by atoms with E-state index in [1.54, 1.807) is 29.0 Å². The van der Waals surface area contributed by atoms with Crippen LogP contribution in [0.25, 0.3) is 10.8 Å². The SMILES string of the molecule is CCCn1ccc2cccc(F)c2c1=O. The Morgan fingerprint density at radius 2 is 2.13 bits per heavy atom. The standard InChI is InChI=1S/C12H12FNO/c1-2-7-14-8-6-9-4-3-5-10(13)11(9)12(14)15/h3-6,8H,2,7H2,1H3. The zero-order chi connectivity index (χ0) is 10.8. The van der Waals surface area contributed by atoms with E-state index in [0.717, 1.165) is 6.42 Å². The summed E-state index contributed by atoms with van der Waals surface area (Å²) in [6.07, 6.45) is 2.58. The van der Waals surface area contributed by atoms with Crippen molar-refractivity contribution < 1.29 is 4.39 Å². The van der Waals surface area contributed by atoms with E-state index in [-0.39, 0.29) is 10.9 Å². The Balaban J connectivity index is 2.77. The van der Waals surface area contributed by atoms with Gasteiger partial charge in [0.1, 0.15) is 5.82 Å². The van der Waals surface area contributed by atoms with Crippen molar-refractivity contribution in [3.63, 3.8) is 0 Å². The van der Waals surface area contributed by atoms with Crippen LogP contribution in [0.3, 0.4) is 0 Å². The van der Waals surface area contributed by atoms with E-state index in [2.05, 4.69) is 0 Å². The van der Waals surface area contributed by atoms with Gasteiger partial charge in [0.15, 0.2) is 0 Å². The maximum atomic E-state index is 13.5. The molecule has 0 amide bonds. The van der Waals surface area contributed by atoms with Crippen LogP contribution in [0.1, 0.15) is 13.3 Å². The van der Waals surface area contributed by atoms with Crippen LogP contribution in [0.4, 0.5) is 4.39 Å². The number of aromatic nitrogens is 1. The molecule has 2 aromatic rings. The van der Waals surface area contributed by atoms with Crippen molar-refractivity contribution in [1.29, 1.82) is 0 Å². The molecular weight excluding hydrogens is 193 g/mol. The Hall–Kier alpha value is -1.64. The molecule has 2 rings (SSSR count). The monoisotopic (exact) mass is 205 g/mol. The molecule has 0 spiro atoms. The van der Waals surface area contributed by atoms with Crippen molar-refractivity contribution >= 4 is 10.8 Å². The van der Waals surface area contributed by atoms with E-state index in [1.165, 1.54) is 6.07 Å². The second-order valence-corrected chi connectivity index (χ2v) is 3.52. The Bertz CT molecular complexity index is 545. The molecule has 1 aromatic carbocycles. The van der Waals surface area contributed by atoms with E-state index in [4.69, 9.17) is 0 Å². The van der Waals surface area contributed by atoms with Gasteiger partial charge in [-0.1, -0.05) is 19.1 Å². The molecule has 0 aliphatic carbocycles. The van der Waals surface area contributed by atoms with Crippen molar-refractivity contribution in [3.8, 4) is 0 Å². The highest BCUT2D eigenvalue weighted by atomic mass is 19.1. The Labute approximate surface area is 87.0 Å². The molecule has 1 heterocycles. The third-order valence-electron chi connectivity index (χ3n) is 2.42. The molecular formula is C12H12FNO. The molecule has 0 bridgehead atoms. The molecule has 0 radical (unpaired) electrons. The number of benzene rings is 1. The van der Waals surface area contributed by atoms with E-state index in [0.29, 0.717) is 11.9 Å². The van der Waals surface area contributed by atoms with Crippen LogP contribution in [0, 0.1) is 5.82 Å². The second kappa shape index (κ2) is 3.85. The number of aryl methyl sites for hydroxylation is 1. The minimum absolute atomic E-state index is 0.188. The van der Waals surface area contributed by atoms with Crippen molar-refractivity contribution in [2.75, 3.05) is 0 Å². The quantitative estimate of drug-likeness (QED) is 0.738. The van der Waals surface area contributed by atoms with Gasteiger partial charge in [-0.05, 0) is 23.9 Å². The lowest BCUT2D eigenvalue weighted by atomic mass is 10.1. The Morgan fingerprint density at radius 1 is 1.33 bits per heavy atom. The van der Waals surface area contributed by atoms with Gasteiger partial charge in [0.05, 0.1) is 5.39 Å². The molecule has 0 atom stereocenters. The van der Waals surface area contributed by atoms with Gasteiger partial charge >= 0.3 is 0 Å². The van der Waals surface area contributed by atoms with Crippen molar-refractivity contribution in [1.82, 2.24) is 4.57 Å². The Morgan fingerprint density at radius 3 is 2.87 bits per heavy atom. The smallest absolute Gasteiger partial charge is 0.261 e. The molecule has 0 N–H and O–H groups in total. The normalized spacial score (nSPS) is 10.8. The predicted molar refractivity (Wildman–Crippen MR) is 58.5 cm³/mol. The summed E-state index contributed by atoms with van der Waals surface area (Å²) in [6, 6.07) is 6.45. The number of hydrogen-bond acceptors (Lipinski definition) is 1. The minimum Gasteiger partial charge on any atom is -0.315 e. The van der Waals surface area contributed by atoms with Crippen LogP contribution < -0.4 is 5.56 Å². The number of nitrogens with zero attached hydrogens (tertiary/aromatic N) is 1. The van der Waals surface area contributed by atoms with Gasteiger partial charge in [0.25, 0.3) is 5.56 Å². The molecule has 1 aromatic heterocycles. The lowest BCUT2D eigenvalue weighted by molar-refractivity contribution is 0.627. The topological polar surface area (TPSA) is 22.0 Å². The van der Waals surface area contributed by atoms with E-state index in [9.17, 15) is 9.18 Å². The molecule has 0 unspecified atom stereocenters. The number of hydrogen-bond donors (Lipinski definition) is 0. The molecule has 3 heteroatoms. The number of pyridine rings is 1. The molecule has 2 nitrogen and oxygen atoms in total. The second-order valence-electron chi connectivity index (χ2n) is 3.52. The lowest BCUT2D eigenvalue weighted by Gasteiger charge is -2.05. The molecule has 0 aliphatic heterocycles. The molecule has 0 aliphatic rings. The first-order valence-corrected chi connectivity index (χ1v) is 5.01. The summed E-state index contributed by atoms with van der Waals surface area (Å²) in [6.45, 7) is 2.61. The highest BCUT2D eigenvalue weighted by molar-refractivity contribution is 5.81. The molecule has 15 heavy (non-hydrogen) atoms. The number of halogens is 1. The third-order valence-corrected chi connectivity index (χ3v) is 2.42. The Kier molecular flexibility index (Phi) is 2.54. The summed E-state index contributed by atoms with van der Waals surface area (Å²) in [5.41, 5.74) is -0.243. The van der Waals surface area contributed by atoms with Gasteiger partial charge in [-0.15, -0.1) is 0 Å². The van der Waals surface area contributed by atoms with E-state index in [1.807, 2.05) is 6.92 Å². The maximum Gasteiger partial charge on any atom is 0.261 e. The molecule has 0 saturated heterocycles. The summed E-state index contributed by atoms with van der Waals surface area (Å²) in [7, 11) is 0. The van der Waals surface area contributed by atoms with Gasteiger partial charge in [0.2, 0.25) is 0 Å². The third kappa shape index (κ3) is 1.65. The van der Waals surface area contributed by atoms with Crippen LogP contribution in [-0.4, -0.2) is 4.57 Å². The summed E-state index contributed by atoms with van der Waals surface area (Å²) in [5, 5.41) is 0.848. The molecule has 78 valence electrons. The summed E-state index contributed by atoms with van der Waals surface area (Å²) >= 11 is 0. The molecule has 0 fully saturated rings. The van der Waals surface area contributed by atoms with Gasteiger partial charge < -0.3 is 4.57 Å². The van der Waals surface area contributed by atoms with E-state index >= 15 is 0 Å². The first-order valence-electron chi connectivity index (χ1n) is 5.01. The fourth-order valence-electron chi connectivity index (χ4n) is 1.70. The van der Waals surface area contributed by atoms with Crippen LogP contribution in [0.15, 0.2) is 35.3 Å². The van der Waals surface area contributed by atoms with Crippen LogP contribution in [0.5, 0.6) is 0 Å². The predicted octanol–water partition coefficient (Wildman–Crippen LogP) is 2.55. The van der Waals surface area contributed by atoms with Crippen LogP contribution >= 0.6 is 0 Å². The van der Waals surface area contributed by atoms with Crippen molar-refractivity contribution in [2.24, 2.45) is 0 Å². The number of rotatable bonds is 2. The first-order chi connectivity index (χ1) is 7.24. The van der Waals surface area contributed by atoms with Crippen LogP contribution in [-0.2, 0) is 6.54 Å². The fraction of sp³-hybridized carbons (Fsp3) is 0.250. The zero-order valence-electron chi connectivity index (χ0n) is 8.53. The molecule has 0 saturated carbocycles. The zero-order valence-corrected chi connectivity index (χ0v) is 8.53. The van der Waals surface area contributed by atoms with Gasteiger partial charge in [-0.25, -0.2) is 4.39 Å².